The Labute approximate surface area is 116 Å². The summed E-state index contributed by atoms with van der Waals surface area (Å²) in [5.74, 6) is -0.360. The van der Waals surface area contributed by atoms with Gasteiger partial charge in [0.1, 0.15) is 5.69 Å². The Kier molecular flexibility index (Phi) is 2.36. The molecule has 0 spiro atoms. The molecule has 0 saturated carbocycles. The average Bonchev–Trinajstić information content (AvgIpc) is 2.95. The SMILES string of the molecule is O=C(O)c1ccccc1-c1n[nH]c2c1N1CCC2CC1. The van der Waals surface area contributed by atoms with Crippen LogP contribution in [0.4, 0.5) is 5.69 Å². The van der Waals surface area contributed by atoms with Gasteiger partial charge in [-0.2, -0.15) is 5.10 Å². The van der Waals surface area contributed by atoms with Gasteiger partial charge < -0.3 is 10.0 Å². The highest BCUT2D eigenvalue weighted by Crippen LogP contribution is 2.46. The van der Waals surface area contributed by atoms with Gasteiger partial charge in [-0.15, -0.1) is 0 Å². The maximum absolute atomic E-state index is 11.4. The largest absolute Gasteiger partial charge is 0.478 e. The van der Waals surface area contributed by atoms with E-state index in [4.69, 9.17) is 0 Å². The molecule has 102 valence electrons. The van der Waals surface area contributed by atoms with Crippen LogP contribution in [0.3, 0.4) is 0 Å². The van der Waals surface area contributed by atoms with Crippen LogP contribution >= 0.6 is 0 Å². The molecule has 3 aliphatic rings. The number of nitrogens with zero attached hydrogens (tertiary/aromatic N) is 2. The number of piperidine rings is 1. The van der Waals surface area contributed by atoms with E-state index in [0.717, 1.165) is 37.3 Å². The summed E-state index contributed by atoms with van der Waals surface area (Å²) in [5, 5.41) is 16.9. The van der Waals surface area contributed by atoms with E-state index in [9.17, 15) is 9.90 Å². The summed E-state index contributed by atoms with van der Waals surface area (Å²) in [6.07, 6.45) is 2.32. The summed E-state index contributed by atoms with van der Waals surface area (Å²) in [5.41, 5.74) is 4.08. The number of benzene rings is 1. The van der Waals surface area contributed by atoms with Crippen molar-refractivity contribution in [3.05, 3.63) is 35.5 Å². The summed E-state index contributed by atoms with van der Waals surface area (Å²) in [6.45, 7) is 2.08. The van der Waals surface area contributed by atoms with Crippen LogP contribution in [-0.2, 0) is 0 Å². The molecule has 1 aromatic carbocycles. The number of rotatable bonds is 2. The lowest BCUT2D eigenvalue weighted by Gasteiger charge is -2.40. The van der Waals surface area contributed by atoms with Crippen molar-refractivity contribution < 1.29 is 9.90 Å². The molecule has 2 bridgehead atoms. The zero-order valence-corrected chi connectivity index (χ0v) is 11.0. The maximum atomic E-state index is 11.4. The van der Waals surface area contributed by atoms with Gasteiger partial charge in [0, 0.05) is 24.6 Å². The molecule has 0 atom stereocenters. The first kappa shape index (κ1) is 11.5. The zero-order chi connectivity index (χ0) is 13.7. The zero-order valence-electron chi connectivity index (χ0n) is 11.0. The number of hydrogen-bond donors (Lipinski definition) is 2. The fraction of sp³-hybridized carbons (Fsp3) is 0.333. The van der Waals surface area contributed by atoms with Crippen molar-refractivity contribution in [1.29, 1.82) is 0 Å². The molecule has 5 heteroatoms. The van der Waals surface area contributed by atoms with E-state index in [0.29, 0.717) is 17.0 Å². The van der Waals surface area contributed by atoms with E-state index in [1.165, 1.54) is 5.69 Å². The highest BCUT2D eigenvalue weighted by molar-refractivity contribution is 5.97. The van der Waals surface area contributed by atoms with Crippen molar-refractivity contribution >= 4 is 11.7 Å². The van der Waals surface area contributed by atoms with Gasteiger partial charge in [-0.1, -0.05) is 18.2 Å². The van der Waals surface area contributed by atoms with Crippen LogP contribution in [0.5, 0.6) is 0 Å². The fourth-order valence-electron chi connectivity index (χ4n) is 3.41. The molecule has 5 nitrogen and oxygen atoms in total. The molecule has 0 aliphatic carbocycles. The number of carbonyl (C=O) groups is 1. The molecule has 0 radical (unpaired) electrons. The van der Waals surface area contributed by atoms with Crippen LogP contribution < -0.4 is 4.90 Å². The minimum atomic E-state index is -0.909. The number of anilines is 1. The van der Waals surface area contributed by atoms with Crippen LogP contribution in [0.25, 0.3) is 11.3 Å². The minimum Gasteiger partial charge on any atom is -0.478 e. The molecule has 5 rings (SSSR count). The van der Waals surface area contributed by atoms with Gasteiger partial charge >= 0.3 is 5.97 Å². The van der Waals surface area contributed by atoms with Gasteiger partial charge in [0.25, 0.3) is 0 Å². The number of hydrogen-bond acceptors (Lipinski definition) is 3. The average molecular weight is 269 g/mol. The Morgan fingerprint density at radius 2 is 2.05 bits per heavy atom. The highest BCUT2D eigenvalue weighted by Gasteiger charge is 2.35. The maximum Gasteiger partial charge on any atom is 0.336 e. The fourth-order valence-corrected chi connectivity index (χ4v) is 3.41. The van der Waals surface area contributed by atoms with E-state index in [1.54, 1.807) is 12.1 Å². The van der Waals surface area contributed by atoms with Crippen LogP contribution in [-0.4, -0.2) is 34.4 Å². The van der Waals surface area contributed by atoms with Crippen molar-refractivity contribution in [1.82, 2.24) is 10.2 Å². The van der Waals surface area contributed by atoms with Crippen molar-refractivity contribution in [2.75, 3.05) is 18.0 Å². The monoisotopic (exact) mass is 269 g/mol. The molecule has 2 N–H and O–H groups in total. The number of aromatic amines is 1. The Balaban J connectivity index is 1.92. The van der Waals surface area contributed by atoms with Gasteiger partial charge in [0.15, 0.2) is 0 Å². The second-order valence-corrected chi connectivity index (χ2v) is 5.45. The topological polar surface area (TPSA) is 69.2 Å². The molecule has 20 heavy (non-hydrogen) atoms. The van der Waals surface area contributed by atoms with E-state index in [-0.39, 0.29) is 0 Å². The quantitative estimate of drug-likeness (QED) is 0.878. The number of fused-ring (bicyclic) bond motifs is 2. The summed E-state index contributed by atoms with van der Waals surface area (Å²) in [4.78, 5) is 13.7. The smallest absolute Gasteiger partial charge is 0.336 e. The van der Waals surface area contributed by atoms with Gasteiger partial charge in [-0.25, -0.2) is 4.79 Å². The number of aromatic carboxylic acids is 1. The highest BCUT2D eigenvalue weighted by atomic mass is 16.4. The van der Waals surface area contributed by atoms with Crippen molar-refractivity contribution in [2.45, 2.75) is 18.8 Å². The molecule has 2 aromatic rings. The van der Waals surface area contributed by atoms with Crippen molar-refractivity contribution in [2.24, 2.45) is 0 Å². The first-order chi connectivity index (χ1) is 9.75. The van der Waals surface area contributed by atoms with Gasteiger partial charge in [-0.3, -0.25) is 5.10 Å². The molecular weight excluding hydrogens is 254 g/mol. The van der Waals surface area contributed by atoms with Crippen molar-refractivity contribution in [3.63, 3.8) is 0 Å². The van der Waals surface area contributed by atoms with E-state index in [2.05, 4.69) is 15.1 Å². The molecule has 0 unspecified atom stereocenters. The van der Waals surface area contributed by atoms with Crippen LogP contribution in [0.2, 0.25) is 0 Å². The predicted octanol–water partition coefficient (Wildman–Crippen LogP) is 2.47. The summed E-state index contributed by atoms with van der Waals surface area (Å²) >= 11 is 0. The lowest BCUT2D eigenvalue weighted by atomic mass is 9.86. The summed E-state index contributed by atoms with van der Waals surface area (Å²) in [7, 11) is 0. The lowest BCUT2D eigenvalue weighted by Crippen LogP contribution is -2.38. The van der Waals surface area contributed by atoms with Gasteiger partial charge in [0.05, 0.1) is 16.9 Å². The van der Waals surface area contributed by atoms with Gasteiger partial charge in [0.2, 0.25) is 0 Å². The lowest BCUT2D eigenvalue weighted by molar-refractivity contribution is 0.0697. The standard InChI is InChI=1S/C15H15N3O2/c19-15(20)11-4-2-1-3-10(11)13-14-12(16-17-13)9-5-7-18(14)8-6-9/h1-4,9H,5-8H2,(H,16,17)(H,19,20). The van der Waals surface area contributed by atoms with E-state index < -0.39 is 5.97 Å². The Bertz CT molecular complexity index is 684. The summed E-state index contributed by atoms with van der Waals surface area (Å²) in [6, 6.07) is 7.08. The van der Waals surface area contributed by atoms with Crippen molar-refractivity contribution in [3.8, 4) is 11.3 Å². The number of carboxylic acids is 1. The second kappa shape index (κ2) is 4.10. The minimum absolute atomic E-state index is 0.310. The number of H-pyrrole nitrogens is 1. The first-order valence-corrected chi connectivity index (χ1v) is 6.91. The first-order valence-electron chi connectivity index (χ1n) is 6.91. The van der Waals surface area contributed by atoms with Crippen LogP contribution in [0, 0.1) is 0 Å². The molecule has 1 fully saturated rings. The third-order valence-electron chi connectivity index (χ3n) is 4.40. The Morgan fingerprint density at radius 3 is 2.80 bits per heavy atom. The van der Waals surface area contributed by atoms with E-state index in [1.807, 2.05) is 12.1 Å². The molecular formula is C15H15N3O2. The third kappa shape index (κ3) is 1.49. The normalized spacial score (nSPS) is 17.3. The molecule has 4 heterocycles. The molecule has 1 aromatic heterocycles. The summed E-state index contributed by atoms with van der Waals surface area (Å²) < 4.78 is 0. The second-order valence-electron chi connectivity index (χ2n) is 5.45. The van der Waals surface area contributed by atoms with E-state index >= 15 is 0 Å². The molecule has 0 amide bonds. The number of aromatic nitrogens is 2. The number of carboxylic acid groups (broad SMARTS) is 1. The Morgan fingerprint density at radius 1 is 1.30 bits per heavy atom. The van der Waals surface area contributed by atoms with Crippen LogP contribution in [0.1, 0.15) is 34.8 Å². The Hall–Kier alpha value is -2.30. The predicted molar refractivity (Wildman–Crippen MR) is 75.2 cm³/mol. The molecule has 1 saturated heterocycles. The third-order valence-corrected chi connectivity index (χ3v) is 4.40. The molecule has 3 aliphatic heterocycles. The van der Waals surface area contributed by atoms with Crippen LogP contribution in [0.15, 0.2) is 24.3 Å². The number of nitrogens with one attached hydrogen (secondary N) is 1. The van der Waals surface area contributed by atoms with Gasteiger partial charge in [-0.05, 0) is 18.9 Å².